The van der Waals surface area contributed by atoms with E-state index in [0.29, 0.717) is 22.7 Å². The molecule has 1 N–H and O–H groups in total. The maximum Gasteiger partial charge on any atom is 0.305 e. The Morgan fingerprint density at radius 2 is 1.82 bits per heavy atom. The molecule has 5 rings (SSSR count). The lowest BCUT2D eigenvalue weighted by Crippen LogP contribution is -2.02. The molecule has 3 heterocycles. The SMILES string of the molecule is O=c1[nH]c2ccc(-n3c(-c4ccccc4)nc4ccc(N(F)F)nc43)cc2s1. The van der Waals surface area contributed by atoms with Gasteiger partial charge in [-0.2, -0.15) is 0 Å². The highest BCUT2D eigenvalue weighted by molar-refractivity contribution is 7.16. The molecule has 0 spiro atoms. The van der Waals surface area contributed by atoms with Crippen LogP contribution in [0.25, 0.3) is 38.5 Å². The first-order valence-corrected chi connectivity index (χ1v) is 9.12. The molecule has 0 fully saturated rings. The van der Waals surface area contributed by atoms with Crippen molar-refractivity contribution in [3.8, 4) is 17.1 Å². The van der Waals surface area contributed by atoms with Crippen molar-refractivity contribution in [1.29, 1.82) is 0 Å². The van der Waals surface area contributed by atoms with Crippen LogP contribution in [-0.4, -0.2) is 19.5 Å². The van der Waals surface area contributed by atoms with Crippen LogP contribution in [0, 0.1) is 0 Å². The van der Waals surface area contributed by atoms with E-state index in [4.69, 9.17) is 0 Å². The number of anilines is 1. The standard InChI is InChI=1S/C19H11F2N5OS/c20-26(21)16-9-8-14-18(24-16)25(17(22-14)11-4-2-1-3-5-11)12-6-7-13-15(10-12)28-19(27)23-13/h1-10H,(H,23,27). The van der Waals surface area contributed by atoms with Gasteiger partial charge in [0.2, 0.25) is 0 Å². The van der Waals surface area contributed by atoms with E-state index < -0.39 is 11.2 Å². The Morgan fingerprint density at radius 1 is 1.00 bits per heavy atom. The van der Waals surface area contributed by atoms with Gasteiger partial charge in [-0.1, -0.05) is 50.6 Å². The van der Waals surface area contributed by atoms with Gasteiger partial charge in [0.05, 0.1) is 15.9 Å². The molecule has 5 aromatic rings. The van der Waals surface area contributed by atoms with Crippen molar-refractivity contribution in [2.45, 2.75) is 0 Å². The average Bonchev–Trinajstić information content (AvgIpc) is 3.26. The van der Waals surface area contributed by atoms with Crippen LogP contribution in [0.15, 0.2) is 65.5 Å². The lowest BCUT2D eigenvalue weighted by molar-refractivity contribution is 0.231. The number of fused-ring (bicyclic) bond motifs is 2. The molecular formula is C19H11F2N5OS. The topological polar surface area (TPSA) is 66.8 Å². The Labute approximate surface area is 160 Å². The molecule has 0 aliphatic carbocycles. The van der Waals surface area contributed by atoms with Crippen molar-refractivity contribution in [3.63, 3.8) is 0 Å². The van der Waals surface area contributed by atoms with Gasteiger partial charge in [0.1, 0.15) is 11.3 Å². The normalized spacial score (nSPS) is 11.4. The zero-order valence-corrected chi connectivity index (χ0v) is 15.0. The van der Waals surface area contributed by atoms with Crippen LogP contribution in [0.5, 0.6) is 0 Å². The molecule has 0 bridgehead atoms. The van der Waals surface area contributed by atoms with Crippen molar-refractivity contribution in [2.24, 2.45) is 0 Å². The molecule has 0 amide bonds. The number of nitrogens with one attached hydrogen (secondary N) is 1. The van der Waals surface area contributed by atoms with E-state index in [0.717, 1.165) is 27.1 Å². The molecule has 2 aromatic carbocycles. The second-order valence-electron chi connectivity index (χ2n) is 6.08. The highest BCUT2D eigenvalue weighted by Gasteiger charge is 2.18. The number of rotatable bonds is 3. The van der Waals surface area contributed by atoms with E-state index in [-0.39, 0.29) is 4.87 Å². The number of H-pyrrole nitrogens is 1. The summed E-state index contributed by atoms with van der Waals surface area (Å²) >= 11 is 1.09. The van der Waals surface area contributed by atoms with Crippen molar-refractivity contribution >= 4 is 38.5 Å². The highest BCUT2D eigenvalue weighted by Crippen LogP contribution is 2.30. The molecule has 0 unspecified atom stereocenters. The number of imidazole rings is 1. The van der Waals surface area contributed by atoms with E-state index in [2.05, 4.69) is 15.0 Å². The summed E-state index contributed by atoms with van der Waals surface area (Å²) in [5.74, 6) is 0.104. The van der Waals surface area contributed by atoms with Crippen LogP contribution in [-0.2, 0) is 0 Å². The summed E-state index contributed by atoms with van der Waals surface area (Å²) in [7, 11) is 0. The number of benzene rings is 2. The Balaban J connectivity index is 1.84. The first-order chi connectivity index (χ1) is 13.6. The van der Waals surface area contributed by atoms with Crippen LogP contribution in [0.2, 0.25) is 0 Å². The molecular weight excluding hydrogens is 384 g/mol. The number of thiazole rings is 1. The van der Waals surface area contributed by atoms with E-state index >= 15 is 0 Å². The molecule has 9 heteroatoms. The molecule has 6 nitrogen and oxygen atoms in total. The Morgan fingerprint density at radius 3 is 2.61 bits per heavy atom. The van der Waals surface area contributed by atoms with Gasteiger partial charge < -0.3 is 4.98 Å². The number of aromatic amines is 1. The van der Waals surface area contributed by atoms with Crippen LogP contribution in [0.3, 0.4) is 0 Å². The van der Waals surface area contributed by atoms with Gasteiger partial charge in [0.25, 0.3) is 0 Å². The summed E-state index contributed by atoms with van der Waals surface area (Å²) in [6.07, 6.45) is 0. The summed E-state index contributed by atoms with van der Waals surface area (Å²) in [6, 6.07) is 17.6. The third-order valence-electron chi connectivity index (χ3n) is 4.36. The number of aromatic nitrogens is 4. The molecule has 0 aliphatic heterocycles. The number of pyridine rings is 1. The van der Waals surface area contributed by atoms with Crippen LogP contribution < -0.4 is 10.2 Å². The predicted molar refractivity (Wildman–Crippen MR) is 105 cm³/mol. The smallest absolute Gasteiger partial charge is 0.305 e. The van der Waals surface area contributed by atoms with E-state index in [1.165, 1.54) is 12.1 Å². The first-order valence-electron chi connectivity index (χ1n) is 8.30. The van der Waals surface area contributed by atoms with Crippen LogP contribution in [0.1, 0.15) is 0 Å². The molecule has 0 saturated carbocycles. The summed E-state index contributed by atoms with van der Waals surface area (Å²) < 4.78 is 28.6. The van der Waals surface area contributed by atoms with Crippen LogP contribution >= 0.6 is 11.3 Å². The minimum atomic E-state index is -1.03. The summed E-state index contributed by atoms with van der Waals surface area (Å²) in [4.78, 5) is 23.0. The second kappa shape index (κ2) is 6.24. The fourth-order valence-corrected chi connectivity index (χ4v) is 3.91. The van der Waals surface area contributed by atoms with E-state index in [9.17, 15) is 13.8 Å². The third kappa shape index (κ3) is 2.64. The fraction of sp³-hybridized carbons (Fsp3) is 0. The van der Waals surface area contributed by atoms with Gasteiger partial charge in [-0.3, -0.25) is 9.36 Å². The molecule has 3 aromatic heterocycles. The largest absolute Gasteiger partial charge is 0.312 e. The Kier molecular flexibility index (Phi) is 3.69. The molecule has 0 radical (unpaired) electrons. The van der Waals surface area contributed by atoms with Gasteiger partial charge in [0, 0.05) is 5.56 Å². The van der Waals surface area contributed by atoms with Crippen molar-refractivity contribution < 1.29 is 8.96 Å². The van der Waals surface area contributed by atoms with Gasteiger partial charge in [-0.05, 0) is 35.7 Å². The average molecular weight is 395 g/mol. The summed E-state index contributed by atoms with van der Waals surface area (Å²) in [6.45, 7) is 0. The van der Waals surface area contributed by atoms with Crippen molar-refractivity contribution in [1.82, 2.24) is 19.5 Å². The first kappa shape index (κ1) is 16.6. The fourth-order valence-electron chi connectivity index (χ4n) is 3.14. The van der Waals surface area contributed by atoms with Gasteiger partial charge in [0.15, 0.2) is 11.5 Å². The Bertz CT molecular complexity index is 1370. The van der Waals surface area contributed by atoms with Crippen molar-refractivity contribution in [3.05, 3.63) is 70.3 Å². The van der Waals surface area contributed by atoms with Gasteiger partial charge in [-0.25, -0.2) is 9.97 Å². The van der Waals surface area contributed by atoms with E-state index in [1.54, 1.807) is 16.7 Å². The minimum Gasteiger partial charge on any atom is -0.312 e. The third-order valence-corrected chi connectivity index (χ3v) is 5.20. The lowest BCUT2D eigenvalue weighted by Gasteiger charge is -2.10. The number of hydrogen-bond donors (Lipinski definition) is 1. The highest BCUT2D eigenvalue weighted by atomic mass is 32.1. The maximum absolute atomic E-state index is 13.1. The Hall–Kier alpha value is -3.59. The monoisotopic (exact) mass is 395 g/mol. The number of halogens is 2. The van der Waals surface area contributed by atoms with Gasteiger partial charge in [-0.15, -0.1) is 0 Å². The zero-order valence-electron chi connectivity index (χ0n) is 14.1. The summed E-state index contributed by atoms with van der Waals surface area (Å²) in [5.41, 5.74) is 3.02. The molecule has 0 saturated heterocycles. The lowest BCUT2D eigenvalue weighted by atomic mass is 10.2. The van der Waals surface area contributed by atoms with E-state index in [1.807, 2.05) is 36.4 Å². The van der Waals surface area contributed by atoms with Crippen LogP contribution in [0.4, 0.5) is 14.8 Å². The molecule has 28 heavy (non-hydrogen) atoms. The number of hydrogen-bond acceptors (Lipinski definition) is 5. The maximum atomic E-state index is 13.1. The molecule has 138 valence electrons. The molecule has 0 atom stereocenters. The summed E-state index contributed by atoms with van der Waals surface area (Å²) in [5, 5.41) is -1.03. The minimum absolute atomic E-state index is 0.156. The van der Waals surface area contributed by atoms with Gasteiger partial charge >= 0.3 is 4.87 Å². The number of nitrogens with zero attached hydrogens (tertiary/aromatic N) is 4. The predicted octanol–water partition coefficient (Wildman–Crippen LogP) is 4.57. The quantitative estimate of drug-likeness (QED) is 0.455. The second-order valence-corrected chi connectivity index (χ2v) is 7.09. The zero-order chi connectivity index (χ0) is 19.3. The van der Waals surface area contributed by atoms with Crippen molar-refractivity contribution in [2.75, 3.05) is 5.34 Å². The molecule has 0 aliphatic rings.